The zero-order chi connectivity index (χ0) is 29.3. The number of aryl methyl sites for hydroxylation is 2. The summed E-state index contributed by atoms with van der Waals surface area (Å²) in [7, 11) is 0. The molecule has 0 saturated heterocycles. The van der Waals surface area contributed by atoms with Crippen LogP contribution in [-0.2, 0) is 23.3 Å². The Morgan fingerprint density at radius 2 is 1.64 bits per heavy atom. The Bertz CT molecular complexity index is 1980. The lowest BCUT2D eigenvalue weighted by Gasteiger charge is -2.32. The molecule has 2 aliphatic rings. The van der Waals surface area contributed by atoms with E-state index in [-0.39, 0.29) is 23.0 Å². The molecule has 5 aromatic rings. The molecule has 1 unspecified atom stereocenters. The topological polar surface area (TPSA) is 96.6 Å². The molecule has 0 saturated carbocycles. The van der Waals surface area contributed by atoms with Crippen LogP contribution < -0.4 is 15.2 Å². The van der Waals surface area contributed by atoms with Crippen molar-refractivity contribution in [3.05, 3.63) is 116 Å². The van der Waals surface area contributed by atoms with Crippen LogP contribution in [0.3, 0.4) is 0 Å². The monoisotopic (exact) mass is 576 g/mol. The molecule has 1 spiro atoms. The van der Waals surface area contributed by atoms with E-state index < -0.39 is 22.8 Å². The van der Waals surface area contributed by atoms with Gasteiger partial charge in [-0.05, 0) is 54.7 Å². The molecule has 9 heteroatoms. The fourth-order valence-corrected chi connectivity index (χ4v) is 7.21. The van der Waals surface area contributed by atoms with Crippen molar-refractivity contribution in [2.75, 3.05) is 9.80 Å². The van der Waals surface area contributed by atoms with Gasteiger partial charge in [-0.15, -0.1) is 10.2 Å². The number of nitrogens with zero attached hydrogens (tertiary/aromatic N) is 4. The molecule has 2 amide bonds. The zero-order valence-corrected chi connectivity index (χ0v) is 24.5. The van der Waals surface area contributed by atoms with E-state index >= 15 is 0 Å². The van der Waals surface area contributed by atoms with Gasteiger partial charge in [0, 0.05) is 12.0 Å². The van der Waals surface area contributed by atoms with Crippen molar-refractivity contribution < 1.29 is 14.0 Å². The van der Waals surface area contributed by atoms with E-state index in [1.807, 2.05) is 68.4 Å². The first-order valence-electron chi connectivity index (χ1n) is 13.9. The fourth-order valence-electron chi connectivity index (χ4n) is 6.11. The highest BCUT2D eigenvalue weighted by Gasteiger charge is 2.66. The summed E-state index contributed by atoms with van der Waals surface area (Å²) in [5.74, 6) is -0.808. The first kappa shape index (κ1) is 26.3. The number of aromatic nitrogens is 2. The average molecular weight is 577 g/mol. The number of hydrogen-bond donors (Lipinski definition) is 0. The Morgan fingerprint density at radius 1 is 0.929 bits per heavy atom. The number of rotatable bonds is 5. The van der Waals surface area contributed by atoms with Gasteiger partial charge in [0.15, 0.2) is 11.0 Å². The van der Waals surface area contributed by atoms with E-state index in [0.717, 1.165) is 21.7 Å². The number of carbonyl (C=O) groups is 2. The Hall–Kier alpha value is -4.63. The Balaban J connectivity index is 1.54. The van der Waals surface area contributed by atoms with Crippen molar-refractivity contribution in [2.45, 2.75) is 46.2 Å². The molecule has 210 valence electrons. The molecule has 1 atom stereocenters. The maximum atomic E-state index is 15.0. The van der Waals surface area contributed by atoms with Crippen molar-refractivity contribution in [1.29, 1.82) is 0 Å². The minimum Gasteiger partial charge on any atom is -0.450 e. The van der Waals surface area contributed by atoms with Crippen LogP contribution in [0.4, 0.5) is 10.8 Å². The lowest BCUT2D eigenvalue weighted by molar-refractivity contribution is -0.121. The highest BCUT2D eigenvalue weighted by molar-refractivity contribution is 7.15. The number of fused-ring (bicyclic) bond motifs is 5. The quantitative estimate of drug-likeness (QED) is 0.258. The van der Waals surface area contributed by atoms with Crippen molar-refractivity contribution in [3.63, 3.8) is 0 Å². The number of anilines is 2. The minimum atomic E-state index is -1.79. The molecular formula is C33H28N4O4S. The second-order valence-corrected chi connectivity index (χ2v) is 12.4. The summed E-state index contributed by atoms with van der Waals surface area (Å²) in [6.07, 6.45) is 0.671. The van der Waals surface area contributed by atoms with E-state index in [9.17, 15) is 14.4 Å². The third-order valence-corrected chi connectivity index (χ3v) is 9.09. The van der Waals surface area contributed by atoms with Crippen molar-refractivity contribution in [1.82, 2.24) is 10.2 Å². The van der Waals surface area contributed by atoms with Crippen LogP contribution >= 0.6 is 11.3 Å². The lowest BCUT2D eigenvalue weighted by Crippen LogP contribution is -2.53. The Labute approximate surface area is 246 Å². The summed E-state index contributed by atoms with van der Waals surface area (Å²) in [5, 5.41) is 10.1. The van der Waals surface area contributed by atoms with E-state index in [1.165, 1.54) is 16.2 Å². The summed E-state index contributed by atoms with van der Waals surface area (Å²) in [4.78, 5) is 46.9. The summed E-state index contributed by atoms with van der Waals surface area (Å²) in [6, 6.07) is 20.5. The minimum absolute atomic E-state index is 0.0249. The number of carbonyl (C=O) groups excluding carboxylic acids is 2. The smallest absolute Gasteiger partial charge is 0.297 e. The van der Waals surface area contributed by atoms with Gasteiger partial charge in [-0.2, -0.15) is 0 Å². The van der Waals surface area contributed by atoms with Gasteiger partial charge in [0.1, 0.15) is 10.6 Å². The normalized spacial score (nSPS) is 17.6. The fraction of sp³-hybridized carbons (Fsp3) is 0.242. The molecule has 2 aliphatic heterocycles. The summed E-state index contributed by atoms with van der Waals surface area (Å²) in [5.41, 5.74) is 2.07. The highest BCUT2D eigenvalue weighted by Crippen LogP contribution is 2.54. The van der Waals surface area contributed by atoms with Crippen LogP contribution in [-0.4, -0.2) is 22.0 Å². The van der Waals surface area contributed by atoms with Crippen LogP contribution in [0.2, 0.25) is 0 Å². The van der Waals surface area contributed by atoms with Crippen LogP contribution in [0.25, 0.3) is 11.0 Å². The lowest BCUT2D eigenvalue weighted by atomic mass is 9.84. The van der Waals surface area contributed by atoms with E-state index in [1.54, 1.807) is 17.0 Å². The van der Waals surface area contributed by atoms with Gasteiger partial charge in [0.2, 0.25) is 10.9 Å². The van der Waals surface area contributed by atoms with Crippen LogP contribution in [0.1, 0.15) is 57.2 Å². The maximum Gasteiger partial charge on any atom is 0.297 e. The molecule has 2 aromatic heterocycles. The molecule has 0 N–H and O–H groups in total. The number of hydrogen-bond acceptors (Lipinski definition) is 7. The van der Waals surface area contributed by atoms with Crippen molar-refractivity contribution in [2.24, 2.45) is 5.92 Å². The van der Waals surface area contributed by atoms with Gasteiger partial charge in [-0.1, -0.05) is 73.7 Å². The molecule has 7 rings (SSSR count). The first-order valence-corrected chi connectivity index (χ1v) is 14.7. The zero-order valence-electron chi connectivity index (χ0n) is 23.7. The van der Waals surface area contributed by atoms with E-state index in [2.05, 4.69) is 24.0 Å². The third-order valence-electron chi connectivity index (χ3n) is 8.15. The highest BCUT2D eigenvalue weighted by atomic mass is 32.1. The van der Waals surface area contributed by atoms with Gasteiger partial charge >= 0.3 is 0 Å². The third kappa shape index (κ3) is 3.62. The largest absolute Gasteiger partial charge is 0.450 e. The molecule has 0 aliphatic carbocycles. The predicted molar refractivity (Wildman–Crippen MR) is 162 cm³/mol. The Kier molecular flexibility index (Phi) is 5.92. The second kappa shape index (κ2) is 9.46. The van der Waals surface area contributed by atoms with Gasteiger partial charge in [-0.25, -0.2) is 0 Å². The second-order valence-electron chi connectivity index (χ2n) is 11.4. The molecule has 0 fully saturated rings. The number of amides is 2. The van der Waals surface area contributed by atoms with Crippen LogP contribution in [0, 0.1) is 19.8 Å². The summed E-state index contributed by atoms with van der Waals surface area (Å²) < 4.78 is 6.25. The van der Waals surface area contributed by atoms with Gasteiger partial charge in [0.25, 0.3) is 11.8 Å². The number of para-hydroxylation sites is 1. The molecular weight excluding hydrogens is 548 g/mol. The van der Waals surface area contributed by atoms with Crippen molar-refractivity contribution >= 4 is 44.9 Å². The average Bonchev–Trinajstić information content (AvgIpc) is 3.59. The van der Waals surface area contributed by atoms with Gasteiger partial charge in [0.05, 0.1) is 23.2 Å². The Morgan fingerprint density at radius 3 is 2.40 bits per heavy atom. The van der Waals surface area contributed by atoms with Gasteiger partial charge in [-0.3, -0.25) is 19.3 Å². The predicted octanol–water partition coefficient (Wildman–Crippen LogP) is 5.91. The summed E-state index contributed by atoms with van der Waals surface area (Å²) >= 11 is 1.26. The standard InChI is InChI=1S/C33H28N4O4S/c1-18(2)14-26-34-35-32(42-26)37-30(39)29-27(28(38)22-15-19(3)20(4)16-25(22)41-29)33(37)23-12-8-9-13-24(23)36(31(33)40)17-21-10-6-5-7-11-21/h5-13,15-16,18H,14,17H2,1-4H3. The molecule has 42 heavy (non-hydrogen) atoms. The summed E-state index contributed by atoms with van der Waals surface area (Å²) in [6.45, 7) is 8.27. The maximum absolute atomic E-state index is 15.0. The van der Waals surface area contributed by atoms with E-state index in [0.29, 0.717) is 34.6 Å². The first-order chi connectivity index (χ1) is 20.2. The van der Waals surface area contributed by atoms with Gasteiger partial charge < -0.3 is 9.32 Å². The van der Waals surface area contributed by atoms with Crippen LogP contribution in [0.5, 0.6) is 0 Å². The molecule has 0 radical (unpaired) electrons. The van der Waals surface area contributed by atoms with E-state index in [4.69, 9.17) is 4.42 Å². The number of benzene rings is 3. The molecule has 0 bridgehead atoms. The van der Waals surface area contributed by atoms with Crippen LogP contribution in [0.15, 0.2) is 75.9 Å². The molecule has 4 heterocycles. The molecule has 8 nitrogen and oxygen atoms in total. The van der Waals surface area contributed by atoms with Crippen molar-refractivity contribution in [3.8, 4) is 0 Å². The molecule has 3 aromatic carbocycles. The SMILES string of the molecule is Cc1cc2oc3c(c(=O)c2cc1C)C1(C(=O)N(Cc2ccccc2)c2ccccc21)N(c1nnc(CC(C)C)s1)C3=O.